The summed E-state index contributed by atoms with van der Waals surface area (Å²) in [7, 11) is 1.52. The van der Waals surface area contributed by atoms with Crippen LogP contribution in [-0.2, 0) is 4.79 Å². The summed E-state index contributed by atoms with van der Waals surface area (Å²) >= 11 is 9.32. The van der Waals surface area contributed by atoms with Crippen LogP contribution in [0.3, 0.4) is 0 Å². The molecule has 0 aliphatic carbocycles. The number of halogens is 2. The first-order valence-electron chi connectivity index (χ1n) is 8.18. The van der Waals surface area contributed by atoms with Gasteiger partial charge in [0.2, 0.25) is 0 Å². The summed E-state index contributed by atoms with van der Waals surface area (Å²) in [6.07, 6.45) is 3.20. The zero-order valence-electron chi connectivity index (χ0n) is 14.9. The molecule has 2 aromatic rings. The number of nitrogens with zero attached hydrogens (tertiary/aromatic N) is 1. The topological polar surface area (TPSA) is 67.9 Å². The predicted octanol–water partition coefficient (Wildman–Crippen LogP) is 4.77. The van der Waals surface area contributed by atoms with Crippen molar-refractivity contribution in [2.24, 2.45) is 0 Å². The van der Waals surface area contributed by atoms with Crippen LogP contribution in [0.15, 0.2) is 59.2 Å². The number of rotatable bonds is 6. The van der Waals surface area contributed by atoms with Crippen LogP contribution in [0.4, 0.5) is 10.5 Å². The van der Waals surface area contributed by atoms with E-state index in [0.29, 0.717) is 38.9 Å². The lowest BCUT2D eigenvalue weighted by atomic mass is 10.1. The van der Waals surface area contributed by atoms with E-state index in [1.165, 1.54) is 7.11 Å². The zero-order valence-corrected chi connectivity index (χ0v) is 17.2. The van der Waals surface area contributed by atoms with E-state index < -0.39 is 11.9 Å². The highest BCUT2D eigenvalue weighted by atomic mass is 79.9. The standard InChI is InChI=1S/C20H16BrClN2O4/c1-3-8-28-18-11-15(21)12(10-17(18)27-2)9-16-19(25)24(20(26)23-16)14-6-4-13(22)5-7-14/h3-7,9-11H,1,8H2,2H3,(H,23,26)/b16-9+. The number of amides is 3. The monoisotopic (exact) mass is 462 g/mol. The molecule has 3 rings (SSSR count). The maximum atomic E-state index is 12.7. The highest BCUT2D eigenvalue weighted by Gasteiger charge is 2.35. The van der Waals surface area contributed by atoms with Crippen LogP contribution in [0.1, 0.15) is 5.56 Å². The molecule has 1 saturated heterocycles. The Bertz CT molecular complexity index is 973. The number of urea groups is 1. The molecular formula is C20H16BrClN2O4. The molecule has 1 aliphatic heterocycles. The molecule has 6 nitrogen and oxygen atoms in total. The second-order valence-electron chi connectivity index (χ2n) is 5.73. The maximum absolute atomic E-state index is 12.7. The van der Waals surface area contributed by atoms with Crippen molar-refractivity contribution < 1.29 is 19.1 Å². The second-order valence-corrected chi connectivity index (χ2v) is 7.02. The number of benzene rings is 2. The third kappa shape index (κ3) is 4.05. The Morgan fingerprint density at radius 2 is 1.93 bits per heavy atom. The zero-order chi connectivity index (χ0) is 20.3. The van der Waals surface area contributed by atoms with Gasteiger partial charge in [-0.15, -0.1) is 0 Å². The van der Waals surface area contributed by atoms with E-state index in [1.807, 2.05) is 0 Å². The molecule has 0 aromatic heterocycles. The molecule has 1 fully saturated rings. The smallest absolute Gasteiger partial charge is 0.333 e. The van der Waals surface area contributed by atoms with E-state index >= 15 is 0 Å². The number of ether oxygens (including phenoxy) is 2. The van der Waals surface area contributed by atoms with Crippen LogP contribution < -0.4 is 19.7 Å². The maximum Gasteiger partial charge on any atom is 0.333 e. The van der Waals surface area contributed by atoms with Crippen LogP contribution >= 0.6 is 27.5 Å². The lowest BCUT2D eigenvalue weighted by molar-refractivity contribution is -0.113. The number of carbonyl (C=O) groups is 2. The molecule has 0 atom stereocenters. The number of anilines is 1. The summed E-state index contributed by atoms with van der Waals surface area (Å²) < 4.78 is 11.6. The Labute approximate surface area is 175 Å². The van der Waals surface area contributed by atoms with Gasteiger partial charge in [0, 0.05) is 9.50 Å². The van der Waals surface area contributed by atoms with E-state index in [1.54, 1.807) is 48.6 Å². The lowest BCUT2D eigenvalue weighted by Crippen LogP contribution is -2.30. The largest absolute Gasteiger partial charge is 0.493 e. The van der Waals surface area contributed by atoms with E-state index in [-0.39, 0.29) is 5.70 Å². The Balaban J connectivity index is 1.93. The summed E-state index contributed by atoms with van der Waals surface area (Å²) in [5, 5.41) is 3.10. The predicted molar refractivity (Wildman–Crippen MR) is 112 cm³/mol. The summed E-state index contributed by atoms with van der Waals surface area (Å²) in [6, 6.07) is 9.34. The van der Waals surface area contributed by atoms with Crippen molar-refractivity contribution in [3.05, 3.63) is 69.8 Å². The fourth-order valence-electron chi connectivity index (χ4n) is 2.60. The average Bonchev–Trinajstić information content (AvgIpc) is 2.96. The second kappa shape index (κ2) is 8.50. The Kier molecular flexibility index (Phi) is 6.06. The molecule has 2 aromatic carbocycles. The summed E-state index contributed by atoms with van der Waals surface area (Å²) in [4.78, 5) is 26.1. The molecule has 0 unspecified atom stereocenters. The normalized spacial score (nSPS) is 15.0. The van der Waals surface area contributed by atoms with Crippen LogP contribution in [0.25, 0.3) is 6.08 Å². The number of hydrogen-bond acceptors (Lipinski definition) is 4. The molecule has 144 valence electrons. The Morgan fingerprint density at radius 1 is 1.21 bits per heavy atom. The van der Waals surface area contributed by atoms with E-state index in [0.717, 1.165) is 4.90 Å². The highest BCUT2D eigenvalue weighted by molar-refractivity contribution is 9.10. The first-order chi connectivity index (χ1) is 13.4. The van der Waals surface area contributed by atoms with E-state index in [2.05, 4.69) is 27.8 Å². The van der Waals surface area contributed by atoms with Crippen LogP contribution in [-0.4, -0.2) is 25.7 Å². The van der Waals surface area contributed by atoms with Crippen molar-refractivity contribution in [3.63, 3.8) is 0 Å². The van der Waals surface area contributed by atoms with Gasteiger partial charge in [0.25, 0.3) is 5.91 Å². The van der Waals surface area contributed by atoms with E-state index in [4.69, 9.17) is 21.1 Å². The van der Waals surface area contributed by atoms with Gasteiger partial charge in [-0.05, 0) is 48.0 Å². The highest BCUT2D eigenvalue weighted by Crippen LogP contribution is 2.35. The third-order valence-corrected chi connectivity index (χ3v) is 4.84. The fraction of sp³-hybridized carbons (Fsp3) is 0.100. The van der Waals surface area contributed by atoms with Crippen LogP contribution in [0, 0.1) is 0 Å². The summed E-state index contributed by atoms with van der Waals surface area (Å²) in [5.41, 5.74) is 1.21. The summed E-state index contributed by atoms with van der Waals surface area (Å²) in [5.74, 6) is 0.550. The van der Waals surface area contributed by atoms with Gasteiger partial charge >= 0.3 is 6.03 Å². The van der Waals surface area contributed by atoms with Crippen molar-refractivity contribution in [1.29, 1.82) is 0 Å². The van der Waals surface area contributed by atoms with Crippen LogP contribution in [0.2, 0.25) is 5.02 Å². The Hall–Kier alpha value is -2.77. The molecule has 1 heterocycles. The molecular weight excluding hydrogens is 448 g/mol. The van der Waals surface area contributed by atoms with Crippen molar-refractivity contribution in [2.75, 3.05) is 18.6 Å². The number of imide groups is 1. The molecule has 0 radical (unpaired) electrons. The summed E-state index contributed by atoms with van der Waals surface area (Å²) in [6.45, 7) is 3.94. The number of carbonyl (C=O) groups excluding carboxylic acids is 2. The van der Waals surface area contributed by atoms with Crippen molar-refractivity contribution in [1.82, 2.24) is 5.32 Å². The molecule has 0 spiro atoms. The van der Waals surface area contributed by atoms with Gasteiger partial charge in [-0.25, -0.2) is 9.69 Å². The number of nitrogens with one attached hydrogen (secondary N) is 1. The molecule has 0 bridgehead atoms. The van der Waals surface area contributed by atoms with Crippen molar-refractivity contribution in [3.8, 4) is 11.5 Å². The van der Waals surface area contributed by atoms with Gasteiger partial charge in [0.15, 0.2) is 11.5 Å². The minimum Gasteiger partial charge on any atom is -0.493 e. The van der Waals surface area contributed by atoms with Gasteiger partial charge in [-0.2, -0.15) is 0 Å². The molecule has 28 heavy (non-hydrogen) atoms. The minimum absolute atomic E-state index is 0.141. The van der Waals surface area contributed by atoms with Gasteiger partial charge in [-0.1, -0.05) is 40.2 Å². The first-order valence-corrected chi connectivity index (χ1v) is 9.35. The van der Waals surface area contributed by atoms with Crippen LogP contribution in [0.5, 0.6) is 11.5 Å². The SMILES string of the molecule is C=CCOc1cc(Br)c(/C=C2/NC(=O)N(c3ccc(Cl)cc3)C2=O)cc1OC. The third-order valence-electron chi connectivity index (χ3n) is 3.90. The Morgan fingerprint density at radius 3 is 2.57 bits per heavy atom. The quantitative estimate of drug-likeness (QED) is 0.380. The van der Waals surface area contributed by atoms with E-state index in [9.17, 15) is 9.59 Å². The van der Waals surface area contributed by atoms with Gasteiger partial charge in [0.05, 0.1) is 12.8 Å². The van der Waals surface area contributed by atoms with Crippen molar-refractivity contribution >= 4 is 51.2 Å². The molecule has 3 amide bonds. The molecule has 1 aliphatic rings. The number of hydrogen-bond donors (Lipinski definition) is 1. The molecule has 1 N–H and O–H groups in total. The van der Waals surface area contributed by atoms with Gasteiger partial charge in [0.1, 0.15) is 12.3 Å². The number of methoxy groups -OCH3 is 1. The molecule has 0 saturated carbocycles. The fourth-order valence-corrected chi connectivity index (χ4v) is 3.16. The molecule has 8 heteroatoms. The van der Waals surface area contributed by atoms with Gasteiger partial charge in [-0.3, -0.25) is 4.79 Å². The lowest BCUT2D eigenvalue weighted by Gasteiger charge is -2.12. The van der Waals surface area contributed by atoms with Crippen molar-refractivity contribution in [2.45, 2.75) is 0 Å². The first kappa shape index (κ1) is 20.0. The minimum atomic E-state index is -0.535. The van der Waals surface area contributed by atoms with Gasteiger partial charge < -0.3 is 14.8 Å². The average molecular weight is 464 g/mol.